The molecule has 0 bridgehead atoms. The van der Waals surface area contributed by atoms with Crippen molar-refractivity contribution in [3.05, 3.63) is 101 Å². The summed E-state index contributed by atoms with van der Waals surface area (Å²) in [7, 11) is -3.61. The molecule has 2 saturated carbocycles. The zero-order valence-corrected chi connectivity index (χ0v) is 35.7. The topological polar surface area (TPSA) is 144 Å². The predicted molar refractivity (Wildman–Crippen MR) is 237 cm³/mol. The van der Waals surface area contributed by atoms with Gasteiger partial charge in [-0.1, -0.05) is 35.9 Å². The number of aromatic nitrogens is 3. The fraction of sp³-hybridized carbons (Fsp3) is 0.435. The van der Waals surface area contributed by atoms with Crippen LogP contribution in [0.15, 0.2) is 79.4 Å². The molecule has 3 aromatic heterocycles. The molecule has 3 saturated heterocycles. The van der Waals surface area contributed by atoms with E-state index in [1.54, 1.807) is 15.8 Å². The molecular formula is C46H51ClN8O5S. The molecule has 318 valence electrons. The Morgan fingerprint density at radius 1 is 0.836 bits per heavy atom. The van der Waals surface area contributed by atoms with E-state index >= 15 is 0 Å². The molecule has 3 amide bonds. The SMILES string of the molecule is O=C1CN(S(=O)(=O)CCCN2CCC(c3ccc(NC4CCC(=O)N(n5ccc(C6CC6)c5)C4=O)cc3)CC2)CCN1c1cccc(-c2cnc3[nH]cc(C4CC4)c3c2Cl)c1. The molecule has 2 aliphatic carbocycles. The van der Waals surface area contributed by atoms with E-state index < -0.39 is 16.1 Å². The number of hydrogen-bond acceptors (Lipinski definition) is 8. The van der Waals surface area contributed by atoms with Crippen LogP contribution >= 0.6 is 11.6 Å². The second-order valence-corrected chi connectivity index (χ2v) is 19.9. The first-order valence-electron chi connectivity index (χ1n) is 21.8. The number of likely N-dealkylation sites (tertiary alicyclic amines) is 1. The summed E-state index contributed by atoms with van der Waals surface area (Å²) >= 11 is 6.98. The molecule has 5 fully saturated rings. The van der Waals surface area contributed by atoms with Crippen molar-refractivity contribution in [3.8, 4) is 11.1 Å². The number of benzene rings is 2. The third-order valence-corrected chi connectivity index (χ3v) is 15.6. The summed E-state index contributed by atoms with van der Waals surface area (Å²) in [6.07, 6.45) is 15.3. The molecule has 0 radical (unpaired) electrons. The average Bonchev–Trinajstić information content (AvgIpc) is 4.21. The van der Waals surface area contributed by atoms with Crippen LogP contribution < -0.4 is 15.2 Å². The zero-order chi connectivity index (χ0) is 41.8. The van der Waals surface area contributed by atoms with E-state index in [2.05, 4.69) is 32.3 Å². The molecule has 1 atom stereocenters. The van der Waals surface area contributed by atoms with Crippen molar-refractivity contribution >= 4 is 61.8 Å². The van der Waals surface area contributed by atoms with Crippen molar-refractivity contribution in [2.45, 2.75) is 81.6 Å². The Kier molecular flexibility index (Phi) is 10.7. The van der Waals surface area contributed by atoms with E-state index in [1.165, 1.54) is 26.0 Å². The van der Waals surface area contributed by atoms with Crippen molar-refractivity contribution in [1.82, 2.24) is 23.8 Å². The van der Waals surface area contributed by atoms with Gasteiger partial charge < -0.3 is 20.1 Å². The Balaban J connectivity index is 0.681. The van der Waals surface area contributed by atoms with Crippen LogP contribution in [0.1, 0.15) is 92.2 Å². The van der Waals surface area contributed by atoms with Gasteiger partial charge in [-0.15, -0.1) is 0 Å². The second-order valence-electron chi connectivity index (χ2n) is 17.4. The number of sulfonamides is 1. The average molecular weight is 863 g/mol. The minimum atomic E-state index is -3.61. The van der Waals surface area contributed by atoms with Gasteiger partial charge in [0.15, 0.2) is 0 Å². The number of H-pyrrole nitrogens is 1. The minimum Gasteiger partial charge on any atom is -0.374 e. The van der Waals surface area contributed by atoms with E-state index in [9.17, 15) is 22.8 Å². The van der Waals surface area contributed by atoms with Gasteiger partial charge in [0.1, 0.15) is 11.7 Å². The van der Waals surface area contributed by atoms with E-state index in [0.29, 0.717) is 54.3 Å². The number of nitrogens with zero attached hydrogens (tertiary/aromatic N) is 6. The predicted octanol–water partition coefficient (Wildman–Crippen LogP) is 6.95. The largest absolute Gasteiger partial charge is 0.374 e. The lowest BCUT2D eigenvalue weighted by molar-refractivity contribution is -0.132. The Hall–Kier alpha value is -5.02. The normalized spacial score (nSPS) is 21.2. The van der Waals surface area contributed by atoms with E-state index in [4.69, 9.17) is 11.6 Å². The molecule has 2 N–H and O–H groups in total. The van der Waals surface area contributed by atoms with E-state index in [-0.39, 0.29) is 43.1 Å². The van der Waals surface area contributed by atoms with Crippen LogP contribution in [0, 0.1) is 0 Å². The molecule has 10 rings (SSSR count). The fourth-order valence-electron chi connectivity index (χ4n) is 9.47. The number of carbonyl (C=O) groups excluding carboxylic acids is 3. The smallest absolute Gasteiger partial charge is 0.271 e. The molecule has 15 heteroatoms. The van der Waals surface area contributed by atoms with Crippen molar-refractivity contribution in [1.29, 1.82) is 0 Å². The van der Waals surface area contributed by atoms with Crippen LogP contribution in [0.3, 0.4) is 0 Å². The minimum absolute atomic E-state index is 0.00246. The van der Waals surface area contributed by atoms with Gasteiger partial charge in [0.05, 0.1) is 17.3 Å². The van der Waals surface area contributed by atoms with Crippen molar-refractivity contribution in [3.63, 3.8) is 0 Å². The van der Waals surface area contributed by atoms with Crippen LogP contribution in [0.5, 0.6) is 0 Å². The maximum atomic E-state index is 13.5. The number of anilines is 2. The highest BCUT2D eigenvalue weighted by molar-refractivity contribution is 7.89. The van der Waals surface area contributed by atoms with Gasteiger partial charge >= 0.3 is 0 Å². The van der Waals surface area contributed by atoms with Gasteiger partial charge in [-0.3, -0.25) is 19.1 Å². The molecule has 2 aromatic carbocycles. The summed E-state index contributed by atoms with van der Waals surface area (Å²) in [5.41, 5.74) is 7.62. The Morgan fingerprint density at radius 2 is 1.61 bits per heavy atom. The first-order chi connectivity index (χ1) is 29.6. The standard InChI is InChI=1S/C46H51ClN8O5S/c47-44-39(27-49-45-43(44)38(26-48-45)33-7-8-33)34-3-1-4-37(25-34)54-23-22-53(29-42(54)57)61(59,60)24-2-18-51-19-15-32(16-20-51)30-9-11-36(12-10-30)50-40-13-14-41(56)55(46(40)58)52-21-17-35(28-52)31-5-6-31/h1,3-4,9-12,17,21,25-28,31-33,40,50H,2,5-8,13-16,18-20,22-24,29H2,(H,48,49). The number of hydrogen-bond donors (Lipinski definition) is 2. The van der Waals surface area contributed by atoms with Crippen LogP contribution in [0.4, 0.5) is 11.4 Å². The lowest BCUT2D eigenvalue weighted by Gasteiger charge is -2.34. The number of halogens is 1. The van der Waals surface area contributed by atoms with Gasteiger partial charge in [-0.2, -0.15) is 9.31 Å². The first kappa shape index (κ1) is 40.1. The highest BCUT2D eigenvalue weighted by Crippen LogP contribution is 2.46. The van der Waals surface area contributed by atoms with Crippen LogP contribution in [-0.2, 0) is 24.4 Å². The molecule has 5 aromatic rings. The number of imide groups is 1. The van der Waals surface area contributed by atoms with Crippen molar-refractivity contribution in [2.24, 2.45) is 0 Å². The Bertz CT molecular complexity index is 2590. The summed E-state index contributed by atoms with van der Waals surface area (Å²) in [6.45, 7) is 2.78. The third-order valence-electron chi connectivity index (χ3n) is 13.3. The number of aromatic amines is 1. The monoisotopic (exact) mass is 862 g/mol. The molecule has 1 unspecified atom stereocenters. The van der Waals surface area contributed by atoms with Gasteiger partial charge in [0.2, 0.25) is 21.8 Å². The number of piperidine rings is 2. The lowest BCUT2D eigenvalue weighted by Crippen LogP contribution is -2.55. The number of piperazine rings is 1. The summed E-state index contributed by atoms with van der Waals surface area (Å²) in [4.78, 5) is 51.5. The van der Waals surface area contributed by atoms with Crippen LogP contribution in [0.2, 0.25) is 5.02 Å². The Morgan fingerprint density at radius 3 is 2.36 bits per heavy atom. The number of nitrogens with one attached hydrogen (secondary N) is 2. The Labute approximate surface area is 361 Å². The molecular weight excluding hydrogens is 812 g/mol. The highest BCUT2D eigenvalue weighted by Gasteiger charge is 2.37. The molecule has 0 spiro atoms. The summed E-state index contributed by atoms with van der Waals surface area (Å²) in [5.74, 6) is 0.791. The maximum Gasteiger partial charge on any atom is 0.271 e. The molecule has 6 heterocycles. The highest BCUT2D eigenvalue weighted by atomic mass is 35.5. The summed E-state index contributed by atoms with van der Waals surface area (Å²) in [6, 6.07) is 17.5. The summed E-state index contributed by atoms with van der Waals surface area (Å²) < 4.78 is 29.9. The third kappa shape index (κ3) is 8.22. The van der Waals surface area contributed by atoms with Gasteiger partial charge in [-0.05, 0) is 141 Å². The van der Waals surface area contributed by atoms with Gasteiger partial charge in [0.25, 0.3) is 5.91 Å². The molecule has 3 aliphatic heterocycles. The van der Waals surface area contributed by atoms with Crippen molar-refractivity contribution in [2.75, 3.05) is 60.2 Å². The number of fused-ring (bicyclic) bond motifs is 1. The van der Waals surface area contributed by atoms with E-state index in [0.717, 1.165) is 79.5 Å². The first-order valence-corrected chi connectivity index (χ1v) is 23.8. The maximum absolute atomic E-state index is 13.5. The van der Waals surface area contributed by atoms with Crippen LogP contribution in [0.25, 0.3) is 22.2 Å². The lowest BCUT2D eigenvalue weighted by atomic mass is 9.89. The molecule has 61 heavy (non-hydrogen) atoms. The quantitative estimate of drug-likeness (QED) is 0.121. The van der Waals surface area contributed by atoms with Gasteiger partial charge in [0, 0.05) is 66.6 Å². The zero-order valence-electron chi connectivity index (χ0n) is 34.1. The summed E-state index contributed by atoms with van der Waals surface area (Å²) in [5, 5.41) is 6.26. The fourth-order valence-corrected chi connectivity index (χ4v) is 11.2. The van der Waals surface area contributed by atoms with Gasteiger partial charge in [-0.25, -0.2) is 13.4 Å². The number of carbonyl (C=O) groups is 3. The number of rotatable bonds is 13. The second kappa shape index (κ2) is 16.4. The number of amides is 3. The van der Waals surface area contributed by atoms with E-state index in [1.807, 2.05) is 61.1 Å². The molecule has 5 aliphatic rings. The van der Waals surface area contributed by atoms with Crippen LogP contribution in [-0.4, -0.2) is 101 Å². The van der Waals surface area contributed by atoms with Crippen molar-refractivity contribution < 1.29 is 22.8 Å². The molecule has 13 nitrogen and oxygen atoms in total. The number of pyridine rings is 1.